The molecule has 0 spiro atoms. The highest BCUT2D eigenvalue weighted by Crippen LogP contribution is 2.14. The molecule has 0 saturated heterocycles. The van der Waals surface area contributed by atoms with Gasteiger partial charge in [-0.2, -0.15) is 5.26 Å². The smallest absolute Gasteiger partial charge is 0.315 e. The van der Waals surface area contributed by atoms with Gasteiger partial charge < -0.3 is 10.6 Å². The van der Waals surface area contributed by atoms with E-state index in [1.165, 1.54) is 18.2 Å². The summed E-state index contributed by atoms with van der Waals surface area (Å²) in [5.41, 5.74) is 1.78. The highest BCUT2D eigenvalue weighted by atomic mass is 32.1. The van der Waals surface area contributed by atoms with Gasteiger partial charge in [0.05, 0.1) is 18.2 Å². The number of carbonyl (C=O) groups excluding carboxylic acids is 1. The van der Waals surface area contributed by atoms with Gasteiger partial charge in [-0.15, -0.1) is 11.3 Å². The molecule has 0 aliphatic rings. The lowest BCUT2D eigenvalue weighted by molar-refractivity contribution is 0.240. The van der Waals surface area contributed by atoms with Crippen molar-refractivity contribution >= 4 is 17.4 Å². The molecule has 0 fully saturated rings. The van der Waals surface area contributed by atoms with E-state index in [2.05, 4.69) is 10.6 Å². The SMILES string of the molecule is Cc1ccsc1CNC(=O)NCc1cc(C#N)ccc1F. The molecule has 2 N–H and O–H groups in total. The first kappa shape index (κ1) is 15.0. The Balaban J connectivity index is 1.87. The summed E-state index contributed by atoms with van der Waals surface area (Å²) in [6.45, 7) is 2.46. The molecule has 2 rings (SSSR count). The van der Waals surface area contributed by atoms with E-state index in [4.69, 9.17) is 5.26 Å². The third-order valence-electron chi connectivity index (χ3n) is 2.99. The van der Waals surface area contributed by atoms with E-state index in [0.29, 0.717) is 12.1 Å². The van der Waals surface area contributed by atoms with Crippen LogP contribution in [0.15, 0.2) is 29.6 Å². The summed E-state index contributed by atoms with van der Waals surface area (Å²) in [6, 6.07) is 7.61. The molecule has 108 valence electrons. The summed E-state index contributed by atoms with van der Waals surface area (Å²) < 4.78 is 13.5. The Hall–Kier alpha value is -2.39. The molecule has 0 bridgehead atoms. The molecule has 0 aliphatic heterocycles. The number of amides is 2. The minimum absolute atomic E-state index is 0.0383. The molecular formula is C15H14FN3OS. The van der Waals surface area contributed by atoms with E-state index >= 15 is 0 Å². The van der Waals surface area contributed by atoms with E-state index in [1.807, 2.05) is 24.4 Å². The predicted molar refractivity (Wildman–Crippen MR) is 79.2 cm³/mol. The summed E-state index contributed by atoms with van der Waals surface area (Å²) >= 11 is 1.57. The van der Waals surface area contributed by atoms with Crippen LogP contribution in [0.25, 0.3) is 0 Å². The zero-order valence-electron chi connectivity index (χ0n) is 11.4. The van der Waals surface area contributed by atoms with E-state index in [9.17, 15) is 9.18 Å². The van der Waals surface area contributed by atoms with Crippen LogP contribution in [0.2, 0.25) is 0 Å². The number of nitrogens with one attached hydrogen (secondary N) is 2. The monoisotopic (exact) mass is 303 g/mol. The van der Waals surface area contributed by atoms with Crippen molar-refractivity contribution in [3.05, 3.63) is 57.0 Å². The van der Waals surface area contributed by atoms with Crippen LogP contribution < -0.4 is 10.6 Å². The van der Waals surface area contributed by atoms with Crippen molar-refractivity contribution in [2.75, 3.05) is 0 Å². The predicted octanol–water partition coefficient (Wildman–Crippen LogP) is 3.07. The standard InChI is InChI=1S/C15H14FN3OS/c1-10-4-5-21-14(10)9-19-15(20)18-8-12-6-11(7-17)2-3-13(12)16/h2-6H,8-9H2,1H3,(H2,18,19,20). The van der Waals surface area contributed by atoms with Crippen LogP contribution >= 0.6 is 11.3 Å². The van der Waals surface area contributed by atoms with Gasteiger partial charge in [-0.05, 0) is 42.1 Å². The van der Waals surface area contributed by atoms with Gasteiger partial charge in [0, 0.05) is 17.0 Å². The van der Waals surface area contributed by atoms with E-state index in [-0.39, 0.29) is 18.1 Å². The number of aryl methyl sites for hydroxylation is 1. The molecule has 1 aromatic heterocycles. The highest BCUT2D eigenvalue weighted by molar-refractivity contribution is 7.10. The van der Waals surface area contributed by atoms with Gasteiger partial charge in [-0.25, -0.2) is 9.18 Å². The van der Waals surface area contributed by atoms with Crippen LogP contribution in [0.1, 0.15) is 21.6 Å². The van der Waals surface area contributed by atoms with Gasteiger partial charge in [0.2, 0.25) is 0 Å². The van der Waals surface area contributed by atoms with E-state index in [1.54, 1.807) is 11.3 Å². The summed E-state index contributed by atoms with van der Waals surface area (Å²) in [5.74, 6) is -0.441. The largest absolute Gasteiger partial charge is 0.334 e. The number of nitriles is 1. The average molecular weight is 303 g/mol. The second-order valence-corrected chi connectivity index (χ2v) is 5.48. The van der Waals surface area contributed by atoms with Crippen LogP contribution in [0.4, 0.5) is 9.18 Å². The van der Waals surface area contributed by atoms with Crippen molar-refractivity contribution in [1.29, 1.82) is 5.26 Å². The number of nitrogens with zero attached hydrogens (tertiary/aromatic N) is 1. The summed E-state index contributed by atoms with van der Waals surface area (Å²) in [5, 5.41) is 16.0. The molecule has 1 heterocycles. The van der Waals surface area contributed by atoms with Crippen molar-refractivity contribution < 1.29 is 9.18 Å². The molecule has 0 saturated carbocycles. The zero-order chi connectivity index (χ0) is 15.2. The molecule has 0 radical (unpaired) electrons. The summed E-state index contributed by atoms with van der Waals surface area (Å²) in [7, 11) is 0. The van der Waals surface area contributed by atoms with Gasteiger partial charge in [-0.3, -0.25) is 0 Å². The number of carbonyl (C=O) groups is 1. The van der Waals surface area contributed by atoms with Crippen LogP contribution in [0.5, 0.6) is 0 Å². The number of rotatable bonds is 4. The summed E-state index contributed by atoms with van der Waals surface area (Å²) in [4.78, 5) is 12.8. The van der Waals surface area contributed by atoms with Gasteiger partial charge >= 0.3 is 6.03 Å². The minimum atomic E-state index is -0.441. The van der Waals surface area contributed by atoms with Gasteiger partial charge in [0.15, 0.2) is 0 Å². The first-order valence-electron chi connectivity index (χ1n) is 6.33. The average Bonchev–Trinajstić information content (AvgIpc) is 2.89. The fraction of sp³-hybridized carbons (Fsp3) is 0.200. The molecule has 0 aliphatic carbocycles. The van der Waals surface area contributed by atoms with Crippen LogP contribution in [0, 0.1) is 24.1 Å². The zero-order valence-corrected chi connectivity index (χ0v) is 12.3. The number of thiophene rings is 1. The topological polar surface area (TPSA) is 64.9 Å². The number of urea groups is 1. The Bertz CT molecular complexity index is 690. The lowest BCUT2D eigenvalue weighted by Gasteiger charge is -2.08. The second kappa shape index (κ2) is 6.86. The number of hydrogen-bond acceptors (Lipinski definition) is 3. The number of halogens is 1. The fourth-order valence-corrected chi connectivity index (χ4v) is 2.61. The lowest BCUT2D eigenvalue weighted by atomic mass is 10.1. The third-order valence-corrected chi connectivity index (χ3v) is 4.01. The maximum absolute atomic E-state index is 13.5. The van der Waals surface area contributed by atoms with Gasteiger partial charge in [0.1, 0.15) is 5.82 Å². The van der Waals surface area contributed by atoms with Gasteiger partial charge in [0.25, 0.3) is 0 Å². The number of benzene rings is 1. The van der Waals surface area contributed by atoms with Crippen molar-refractivity contribution in [1.82, 2.24) is 10.6 Å². The second-order valence-electron chi connectivity index (χ2n) is 4.48. The van der Waals surface area contributed by atoms with Crippen molar-refractivity contribution in [2.45, 2.75) is 20.0 Å². The van der Waals surface area contributed by atoms with E-state index < -0.39 is 5.82 Å². The first-order chi connectivity index (χ1) is 10.1. The number of hydrogen-bond donors (Lipinski definition) is 2. The van der Waals surface area contributed by atoms with Crippen LogP contribution in [-0.4, -0.2) is 6.03 Å². The molecule has 21 heavy (non-hydrogen) atoms. The maximum atomic E-state index is 13.5. The first-order valence-corrected chi connectivity index (χ1v) is 7.21. The Morgan fingerprint density at radius 3 is 2.76 bits per heavy atom. The Labute approximate surface area is 126 Å². The molecule has 2 aromatic rings. The maximum Gasteiger partial charge on any atom is 0.315 e. The lowest BCUT2D eigenvalue weighted by Crippen LogP contribution is -2.34. The third kappa shape index (κ3) is 4.04. The van der Waals surface area contributed by atoms with Crippen molar-refractivity contribution in [3.63, 3.8) is 0 Å². The van der Waals surface area contributed by atoms with Crippen molar-refractivity contribution in [3.8, 4) is 6.07 Å². The van der Waals surface area contributed by atoms with E-state index in [0.717, 1.165) is 10.4 Å². The molecule has 6 heteroatoms. The van der Waals surface area contributed by atoms with Crippen molar-refractivity contribution in [2.24, 2.45) is 0 Å². The quantitative estimate of drug-likeness (QED) is 0.911. The summed E-state index contributed by atoms with van der Waals surface area (Å²) in [6.07, 6.45) is 0. The normalized spacial score (nSPS) is 9.95. The van der Waals surface area contributed by atoms with Crippen LogP contribution in [0.3, 0.4) is 0 Å². The molecule has 0 unspecified atom stereocenters. The molecule has 4 nitrogen and oxygen atoms in total. The fourth-order valence-electron chi connectivity index (χ4n) is 1.76. The Kier molecular flexibility index (Phi) is 4.90. The minimum Gasteiger partial charge on any atom is -0.334 e. The molecule has 1 aromatic carbocycles. The van der Waals surface area contributed by atoms with Gasteiger partial charge in [-0.1, -0.05) is 0 Å². The molecule has 2 amide bonds. The highest BCUT2D eigenvalue weighted by Gasteiger charge is 2.07. The molecular weight excluding hydrogens is 289 g/mol. The van der Waals surface area contributed by atoms with Crippen LogP contribution in [-0.2, 0) is 13.1 Å². The Morgan fingerprint density at radius 1 is 1.33 bits per heavy atom. The Morgan fingerprint density at radius 2 is 2.10 bits per heavy atom. The molecule has 0 atom stereocenters.